The molecule has 0 amide bonds. The number of hydrogen-bond donors (Lipinski definition) is 0. The van der Waals surface area contributed by atoms with Gasteiger partial charge in [-0.2, -0.15) is 0 Å². The smallest absolute Gasteiger partial charge is 0.0249 e. The molecule has 3 rings (SSSR count). The largest absolute Gasteiger partial charge is 0.103 e. The van der Waals surface area contributed by atoms with Crippen LogP contribution in [0.5, 0.6) is 0 Å². The molecule has 0 spiro atoms. The molecule has 0 heterocycles. The molecule has 0 bridgehead atoms. The molecule has 0 aromatic heterocycles. The Balaban J connectivity index is 1.45. The number of aryl methyl sites for hydroxylation is 2. The zero-order valence-corrected chi connectivity index (χ0v) is 16.7. The summed E-state index contributed by atoms with van der Waals surface area (Å²) in [5.41, 5.74) is 4.90. The summed E-state index contributed by atoms with van der Waals surface area (Å²) in [4.78, 5) is 0. The van der Waals surface area contributed by atoms with Gasteiger partial charge in [-0.05, 0) is 74.3 Å². The second kappa shape index (κ2) is 10.2. The molecule has 1 fully saturated rings. The van der Waals surface area contributed by atoms with Crippen LogP contribution in [0.15, 0.2) is 61.2 Å². The van der Waals surface area contributed by atoms with E-state index in [-0.39, 0.29) is 0 Å². The summed E-state index contributed by atoms with van der Waals surface area (Å²) >= 11 is 0. The molecule has 0 nitrogen and oxygen atoms in total. The third-order valence-electron chi connectivity index (χ3n) is 5.94. The van der Waals surface area contributed by atoms with E-state index in [2.05, 4.69) is 80.0 Å². The van der Waals surface area contributed by atoms with Crippen LogP contribution in [-0.4, -0.2) is 0 Å². The Morgan fingerprint density at radius 2 is 1.33 bits per heavy atom. The lowest BCUT2D eigenvalue weighted by atomic mass is 9.78. The average Bonchev–Trinajstić information content (AvgIpc) is 2.72. The fraction of sp³-hybridized carbons (Fsp3) is 0.407. The lowest BCUT2D eigenvalue weighted by Crippen LogP contribution is -2.15. The van der Waals surface area contributed by atoms with Gasteiger partial charge in [0.25, 0.3) is 0 Å². The second-order valence-electron chi connectivity index (χ2n) is 8.10. The van der Waals surface area contributed by atoms with Crippen molar-refractivity contribution in [3.05, 3.63) is 83.4 Å². The number of allylic oxidation sites excluding steroid dienone is 1. The van der Waals surface area contributed by atoms with Crippen LogP contribution in [0.2, 0.25) is 0 Å². The second-order valence-corrected chi connectivity index (χ2v) is 8.10. The van der Waals surface area contributed by atoms with Crippen molar-refractivity contribution >= 4 is 0 Å². The molecule has 2 aromatic rings. The van der Waals surface area contributed by atoms with Gasteiger partial charge in [0, 0.05) is 11.1 Å². The third kappa shape index (κ3) is 6.44. The van der Waals surface area contributed by atoms with E-state index in [0.29, 0.717) is 0 Å². The Kier molecular flexibility index (Phi) is 7.35. The minimum atomic E-state index is 0.922. The van der Waals surface area contributed by atoms with Gasteiger partial charge in [0.15, 0.2) is 0 Å². The highest BCUT2D eigenvalue weighted by Crippen LogP contribution is 2.33. The van der Waals surface area contributed by atoms with Gasteiger partial charge in [0.05, 0.1) is 0 Å². The van der Waals surface area contributed by atoms with E-state index in [0.717, 1.165) is 23.0 Å². The minimum absolute atomic E-state index is 0.922. The van der Waals surface area contributed by atoms with E-state index in [1.165, 1.54) is 62.5 Å². The van der Waals surface area contributed by atoms with Crippen molar-refractivity contribution in [2.75, 3.05) is 0 Å². The normalized spacial score (nSPS) is 19.1. The van der Waals surface area contributed by atoms with Crippen molar-refractivity contribution in [1.82, 2.24) is 0 Å². The molecular weight excluding hydrogens is 324 g/mol. The molecule has 1 aliphatic rings. The maximum Gasteiger partial charge on any atom is 0.0249 e. The number of rotatable bonds is 6. The van der Waals surface area contributed by atoms with Gasteiger partial charge >= 0.3 is 0 Å². The van der Waals surface area contributed by atoms with Crippen LogP contribution in [0.4, 0.5) is 0 Å². The molecule has 1 aliphatic carbocycles. The molecule has 2 aromatic carbocycles. The van der Waals surface area contributed by atoms with Gasteiger partial charge < -0.3 is 0 Å². The number of hydrogen-bond acceptors (Lipinski definition) is 0. The highest BCUT2D eigenvalue weighted by molar-refractivity contribution is 5.43. The van der Waals surface area contributed by atoms with E-state index in [4.69, 9.17) is 0 Å². The summed E-state index contributed by atoms with van der Waals surface area (Å²) < 4.78 is 0. The standard InChI is InChI=1S/C27H32/c1-3-4-5-23-10-12-25(13-11-23)16-17-27-20-18-26(19-21-27)15-14-24-8-6-22(2)7-9-24/h3,6-9,18-21,23,25H,1,4-5,10-13,16-17H2,2H3/t23-,25-. The van der Waals surface area contributed by atoms with Crippen molar-refractivity contribution in [1.29, 1.82) is 0 Å². The maximum atomic E-state index is 3.85. The molecule has 27 heavy (non-hydrogen) atoms. The van der Waals surface area contributed by atoms with Crippen molar-refractivity contribution < 1.29 is 0 Å². The van der Waals surface area contributed by atoms with Crippen molar-refractivity contribution in [2.24, 2.45) is 11.8 Å². The fourth-order valence-corrected chi connectivity index (χ4v) is 4.07. The highest BCUT2D eigenvalue weighted by atomic mass is 14.3. The molecule has 0 atom stereocenters. The SMILES string of the molecule is C=CCC[C@H]1CC[C@H](CCc2ccc(C#Cc3ccc(C)cc3)cc2)CC1. The maximum absolute atomic E-state index is 3.85. The Morgan fingerprint density at radius 3 is 1.89 bits per heavy atom. The minimum Gasteiger partial charge on any atom is -0.103 e. The molecule has 0 radical (unpaired) electrons. The van der Waals surface area contributed by atoms with Crippen LogP contribution in [0.3, 0.4) is 0 Å². The highest BCUT2D eigenvalue weighted by Gasteiger charge is 2.20. The molecule has 0 saturated heterocycles. The molecule has 0 N–H and O–H groups in total. The Bertz CT molecular complexity index is 760. The first-order valence-corrected chi connectivity index (χ1v) is 10.5. The first-order chi connectivity index (χ1) is 13.2. The van der Waals surface area contributed by atoms with Crippen LogP contribution >= 0.6 is 0 Å². The number of benzene rings is 2. The molecular formula is C27H32. The summed E-state index contributed by atoms with van der Waals surface area (Å²) in [7, 11) is 0. The summed E-state index contributed by atoms with van der Waals surface area (Å²) in [6.45, 7) is 5.95. The summed E-state index contributed by atoms with van der Waals surface area (Å²) in [5.74, 6) is 8.40. The Labute approximate surface area is 165 Å². The van der Waals surface area contributed by atoms with Crippen molar-refractivity contribution in [3.8, 4) is 11.8 Å². The van der Waals surface area contributed by atoms with Gasteiger partial charge in [-0.15, -0.1) is 6.58 Å². The fourth-order valence-electron chi connectivity index (χ4n) is 4.07. The van der Waals surface area contributed by atoms with Crippen LogP contribution in [0.25, 0.3) is 0 Å². The molecule has 0 heteroatoms. The van der Waals surface area contributed by atoms with Gasteiger partial charge in [-0.3, -0.25) is 0 Å². The Hall–Kier alpha value is -2.26. The van der Waals surface area contributed by atoms with E-state index >= 15 is 0 Å². The zero-order valence-electron chi connectivity index (χ0n) is 16.7. The van der Waals surface area contributed by atoms with E-state index in [9.17, 15) is 0 Å². The van der Waals surface area contributed by atoms with Gasteiger partial charge in [0.2, 0.25) is 0 Å². The van der Waals surface area contributed by atoms with E-state index in [1.807, 2.05) is 0 Å². The van der Waals surface area contributed by atoms with Crippen LogP contribution in [0, 0.1) is 30.6 Å². The zero-order chi connectivity index (χ0) is 18.9. The molecule has 0 aliphatic heterocycles. The molecule has 1 saturated carbocycles. The summed E-state index contributed by atoms with van der Waals surface area (Å²) in [6, 6.07) is 17.3. The molecule has 0 unspecified atom stereocenters. The third-order valence-corrected chi connectivity index (χ3v) is 5.94. The lowest BCUT2D eigenvalue weighted by molar-refractivity contribution is 0.254. The van der Waals surface area contributed by atoms with E-state index < -0.39 is 0 Å². The van der Waals surface area contributed by atoms with Gasteiger partial charge in [0.1, 0.15) is 0 Å². The van der Waals surface area contributed by atoms with Gasteiger partial charge in [-0.25, -0.2) is 0 Å². The summed E-state index contributed by atoms with van der Waals surface area (Å²) in [5, 5.41) is 0. The summed E-state index contributed by atoms with van der Waals surface area (Å²) in [6.07, 6.45) is 12.8. The van der Waals surface area contributed by atoms with Crippen molar-refractivity contribution in [2.45, 2.75) is 58.3 Å². The van der Waals surface area contributed by atoms with E-state index in [1.54, 1.807) is 0 Å². The molecule has 140 valence electrons. The van der Waals surface area contributed by atoms with Crippen LogP contribution in [-0.2, 0) is 6.42 Å². The first-order valence-electron chi connectivity index (χ1n) is 10.5. The lowest BCUT2D eigenvalue weighted by Gasteiger charge is -2.28. The van der Waals surface area contributed by atoms with Crippen molar-refractivity contribution in [3.63, 3.8) is 0 Å². The van der Waals surface area contributed by atoms with Crippen LogP contribution in [0.1, 0.15) is 67.2 Å². The van der Waals surface area contributed by atoms with Gasteiger partial charge in [-0.1, -0.05) is 73.4 Å². The van der Waals surface area contributed by atoms with Crippen LogP contribution < -0.4 is 0 Å². The predicted octanol–water partition coefficient (Wildman–Crippen LogP) is 7.10. The predicted molar refractivity (Wildman–Crippen MR) is 117 cm³/mol. The monoisotopic (exact) mass is 356 g/mol. The average molecular weight is 357 g/mol. The Morgan fingerprint density at radius 1 is 0.815 bits per heavy atom. The first kappa shape index (κ1) is 19.5. The quantitative estimate of drug-likeness (QED) is 0.382. The topological polar surface area (TPSA) is 0 Å².